The van der Waals surface area contributed by atoms with Gasteiger partial charge in [0.05, 0.1) is 16.9 Å². The number of aliphatic hydroxyl groups excluding tert-OH is 1. The van der Waals surface area contributed by atoms with Crippen molar-refractivity contribution in [3.63, 3.8) is 0 Å². The average Bonchev–Trinajstić information content (AvgIpc) is 2.31. The molecular weight excluding hydrogens is 238 g/mol. The first-order valence-corrected chi connectivity index (χ1v) is 6.35. The van der Waals surface area contributed by atoms with Gasteiger partial charge in [-0.2, -0.15) is 0 Å². The van der Waals surface area contributed by atoms with Crippen molar-refractivity contribution in [3.8, 4) is 0 Å². The number of pyridine rings is 1. The van der Waals surface area contributed by atoms with Crippen molar-refractivity contribution >= 4 is 23.1 Å². The number of rotatable bonds is 3. The fourth-order valence-electron chi connectivity index (χ4n) is 2.29. The molecule has 1 aromatic heterocycles. The normalized spacial score (nSPS) is 17.4. The van der Waals surface area contributed by atoms with Gasteiger partial charge in [0.1, 0.15) is 5.82 Å². The minimum absolute atomic E-state index is 0.283. The summed E-state index contributed by atoms with van der Waals surface area (Å²) in [5, 5.41) is 9.53. The van der Waals surface area contributed by atoms with E-state index in [1.807, 2.05) is 0 Å². The molecule has 0 amide bonds. The van der Waals surface area contributed by atoms with Crippen LogP contribution in [0.2, 0.25) is 5.02 Å². The SMILES string of the molecule is Nc1cnc(N2CCC(CCO)CC2)c(Cl)c1. The first-order valence-electron chi connectivity index (χ1n) is 5.97. The van der Waals surface area contributed by atoms with Gasteiger partial charge in [0.15, 0.2) is 0 Å². The van der Waals surface area contributed by atoms with E-state index in [4.69, 9.17) is 22.4 Å². The number of nitrogens with zero attached hydrogens (tertiary/aromatic N) is 2. The number of aromatic nitrogens is 1. The molecule has 1 aliphatic heterocycles. The van der Waals surface area contributed by atoms with Crippen LogP contribution in [-0.4, -0.2) is 29.8 Å². The first-order chi connectivity index (χ1) is 8.20. The third-order valence-electron chi connectivity index (χ3n) is 3.29. The summed E-state index contributed by atoms with van der Waals surface area (Å²) in [6.45, 7) is 2.17. The molecule has 1 aliphatic rings. The Morgan fingerprint density at radius 1 is 1.47 bits per heavy atom. The van der Waals surface area contributed by atoms with Crippen molar-refractivity contribution in [2.75, 3.05) is 30.3 Å². The van der Waals surface area contributed by atoms with E-state index < -0.39 is 0 Å². The molecule has 1 fully saturated rings. The van der Waals surface area contributed by atoms with Crippen LogP contribution in [0.3, 0.4) is 0 Å². The van der Waals surface area contributed by atoms with E-state index >= 15 is 0 Å². The highest BCUT2D eigenvalue weighted by Gasteiger charge is 2.21. The lowest BCUT2D eigenvalue weighted by Gasteiger charge is -2.33. The van der Waals surface area contributed by atoms with Crippen molar-refractivity contribution in [1.29, 1.82) is 0 Å². The molecule has 2 heterocycles. The molecule has 17 heavy (non-hydrogen) atoms. The number of hydrogen-bond donors (Lipinski definition) is 2. The lowest BCUT2D eigenvalue weighted by molar-refractivity contribution is 0.240. The van der Waals surface area contributed by atoms with E-state index in [0.717, 1.165) is 38.2 Å². The van der Waals surface area contributed by atoms with Crippen LogP contribution in [0.5, 0.6) is 0 Å². The van der Waals surface area contributed by atoms with Crippen molar-refractivity contribution in [1.82, 2.24) is 4.98 Å². The topological polar surface area (TPSA) is 62.4 Å². The highest BCUT2D eigenvalue weighted by atomic mass is 35.5. The molecule has 0 saturated carbocycles. The molecule has 4 nitrogen and oxygen atoms in total. The Morgan fingerprint density at radius 2 is 2.18 bits per heavy atom. The van der Waals surface area contributed by atoms with Crippen LogP contribution in [0, 0.1) is 5.92 Å². The molecule has 1 saturated heterocycles. The van der Waals surface area contributed by atoms with Gasteiger partial charge in [-0.25, -0.2) is 4.98 Å². The van der Waals surface area contributed by atoms with Gasteiger partial charge < -0.3 is 15.7 Å². The third-order valence-corrected chi connectivity index (χ3v) is 3.57. The zero-order valence-electron chi connectivity index (χ0n) is 9.77. The monoisotopic (exact) mass is 255 g/mol. The van der Waals surface area contributed by atoms with Crippen LogP contribution >= 0.6 is 11.6 Å². The number of hydrogen-bond acceptors (Lipinski definition) is 4. The Morgan fingerprint density at radius 3 is 2.76 bits per heavy atom. The standard InChI is InChI=1S/C12H18ClN3O/c13-11-7-10(14)8-15-12(11)16-4-1-9(2-5-16)3-6-17/h7-9,17H,1-6,14H2. The fraction of sp³-hybridized carbons (Fsp3) is 0.583. The summed E-state index contributed by atoms with van der Waals surface area (Å²) in [4.78, 5) is 6.48. The van der Waals surface area contributed by atoms with Crippen molar-refractivity contribution < 1.29 is 5.11 Å². The molecule has 0 spiro atoms. The van der Waals surface area contributed by atoms with Gasteiger partial charge in [-0.3, -0.25) is 0 Å². The predicted octanol–water partition coefficient (Wildman–Crippen LogP) is 1.92. The molecule has 0 aliphatic carbocycles. The third kappa shape index (κ3) is 3.01. The van der Waals surface area contributed by atoms with Gasteiger partial charge >= 0.3 is 0 Å². The van der Waals surface area contributed by atoms with Crippen LogP contribution in [0.15, 0.2) is 12.3 Å². The Kier molecular flexibility index (Phi) is 4.07. The van der Waals surface area contributed by atoms with Crippen molar-refractivity contribution in [2.24, 2.45) is 5.92 Å². The lowest BCUT2D eigenvalue weighted by atomic mass is 9.94. The molecule has 5 heteroatoms. The maximum Gasteiger partial charge on any atom is 0.147 e. The Hall–Kier alpha value is -1.00. The maximum absolute atomic E-state index is 8.92. The summed E-state index contributed by atoms with van der Waals surface area (Å²) in [6.07, 6.45) is 4.71. The summed E-state index contributed by atoms with van der Waals surface area (Å²) in [5.74, 6) is 1.45. The number of halogens is 1. The molecule has 1 aromatic rings. The Balaban J connectivity index is 2.00. The summed E-state index contributed by atoms with van der Waals surface area (Å²) in [5.41, 5.74) is 6.22. The molecule has 0 radical (unpaired) electrons. The molecule has 3 N–H and O–H groups in total. The van der Waals surface area contributed by atoms with Crippen LogP contribution < -0.4 is 10.6 Å². The van der Waals surface area contributed by atoms with Crippen molar-refractivity contribution in [3.05, 3.63) is 17.3 Å². The molecule has 2 rings (SSSR count). The molecule has 0 bridgehead atoms. The van der Waals surface area contributed by atoms with E-state index in [1.54, 1.807) is 12.3 Å². The summed E-state index contributed by atoms with van der Waals surface area (Å²) in [7, 11) is 0. The number of nitrogen functional groups attached to an aromatic ring is 1. The molecule has 94 valence electrons. The van der Waals surface area contributed by atoms with Crippen LogP contribution in [0.4, 0.5) is 11.5 Å². The van der Waals surface area contributed by atoms with Gasteiger partial charge in [-0.05, 0) is 31.2 Å². The Bertz CT molecular complexity index is 378. The maximum atomic E-state index is 8.92. The van der Waals surface area contributed by atoms with Gasteiger partial charge in [0, 0.05) is 19.7 Å². The summed E-state index contributed by atoms with van der Waals surface area (Å²) in [6, 6.07) is 1.74. The number of anilines is 2. The largest absolute Gasteiger partial charge is 0.397 e. The summed E-state index contributed by atoms with van der Waals surface area (Å²) < 4.78 is 0. The Labute approximate surface area is 106 Å². The van der Waals surface area contributed by atoms with E-state index in [-0.39, 0.29) is 6.61 Å². The van der Waals surface area contributed by atoms with Gasteiger partial charge in [-0.15, -0.1) is 0 Å². The van der Waals surface area contributed by atoms with Crippen LogP contribution in [0.25, 0.3) is 0 Å². The van der Waals surface area contributed by atoms with Gasteiger partial charge in [-0.1, -0.05) is 11.6 Å². The number of aliphatic hydroxyl groups is 1. The van der Waals surface area contributed by atoms with Gasteiger partial charge in [0.2, 0.25) is 0 Å². The molecule has 0 aromatic carbocycles. The van der Waals surface area contributed by atoms with Crippen molar-refractivity contribution in [2.45, 2.75) is 19.3 Å². The van der Waals surface area contributed by atoms with Crippen LogP contribution in [-0.2, 0) is 0 Å². The van der Waals surface area contributed by atoms with E-state index in [9.17, 15) is 0 Å². The summed E-state index contributed by atoms with van der Waals surface area (Å²) >= 11 is 6.14. The second-order valence-corrected chi connectivity index (χ2v) is 4.92. The van der Waals surface area contributed by atoms with E-state index in [1.165, 1.54) is 0 Å². The fourth-order valence-corrected chi connectivity index (χ4v) is 2.59. The smallest absolute Gasteiger partial charge is 0.147 e. The number of nitrogens with two attached hydrogens (primary N) is 1. The predicted molar refractivity (Wildman–Crippen MR) is 70.3 cm³/mol. The lowest BCUT2D eigenvalue weighted by Crippen LogP contribution is -2.34. The van der Waals surface area contributed by atoms with Gasteiger partial charge in [0.25, 0.3) is 0 Å². The minimum Gasteiger partial charge on any atom is -0.397 e. The highest BCUT2D eigenvalue weighted by Crippen LogP contribution is 2.29. The first kappa shape index (κ1) is 12.5. The van der Waals surface area contributed by atoms with E-state index in [2.05, 4.69) is 9.88 Å². The average molecular weight is 256 g/mol. The second kappa shape index (κ2) is 5.56. The molecular formula is C12H18ClN3O. The highest BCUT2D eigenvalue weighted by molar-refractivity contribution is 6.33. The van der Waals surface area contributed by atoms with Crippen LogP contribution in [0.1, 0.15) is 19.3 Å². The zero-order valence-corrected chi connectivity index (χ0v) is 10.5. The molecule has 0 atom stereocenters. The quantitative estimate of drug-likeness (QED) is 0.866. The second-order valence-electron chi connectivity index (χ2n) is 4.52. The van der Waals surface area contributed by atoms with E-state index in [0.29, 0.717) is 16.6 Å². The molecule has 0 unspecified atom stereocenters. The number of piperidine rings is 1. The zero-order chi connectivity index (χ0) is 12.3. The minimum atomic E-state index is 0.283.